The van der Waals surface area contributed by atoms with Crippen LogP contribution in [0.3, 0.4) is 0 Å². The van der Waals surface area contributed by atoms with E-state index >= 15 is 0 Å². The summed E-state index contributed by atoms with van der Waals surface area (Å²) < 4.78 is 15.9. The van der Waals surface area contributed by atoms with Crippen LogP contribution in [-0.2, 0) is 25.5 Å². The van der Waals surface area contributed by atoms with Crippen LogP contribution in [0.25, 0.3) is 0 Å². The number of aryl methyl sites for hydroxylation is 1. The molecule has 6 nitrogen and oxygen atoms in total. The second-order valence-corrected chi connectivity index (χ2v) is 13.8. The molecule has 0 unspecified atom stereocenters. The quantitative estimate of drug-likeness (QED) is 0.265. The lowest BCUT2D eigenvalue weighted by Gasteiger charge is -2.24. The van der Waals surface area contributed by atoms with Crippen LogP contribution < -0.4 is 10.5 Å². The number of nitrogens with two attached hydrogens (primary N) is 1. The molecule has 0 saturated carbocycles. The molecule has 0 atom stereocenters. The Hall–Kier alpha value is -1.86. The van der Waals surface area contributed by atoms with Gasteiger partial charge in [0.25, 0.3) is 0 Å². The average Bonchev–Trinajstić information content (AvgIpc) is 2.71. The minimum atomic E-state index is -1.80. The van der Waals surface area contributed by atoms with Gasteiger partial charge in [-0.1, -0.05) is 51.0 Å². The maximum absolute atomic E-state index is 12.3. The predicted octanol–water partition coefficient (Wildman–Crippen LogP) is 4.33. The van der Waals surface area contributed by atoms with Gasteiger partial charge in [-0.15, -0.1) is 0 Å². The van der Waals surface area contributed by atoms with Crippen molar-refractivity contribution >= 4 is 20.0 Å². The molecule has 1 aromatic rings. The molecule has 0 amide bonds. The number of unbranched alkanes of at least 4 members (excludes halogenated alkanes) is 1. The van der Waals surface area contributed by atoms with E-state index in [2.05, 4.69) is 20.0 Å². The van der Waals surface area contributed by atoms with E-state index in [1.165, 1.54) is 18.9 Å². The summed E-state index contributed by atoms with van der Waals surface area (Å²) in [5, 5.41) is 0. The van der Waals surface area contributed by atoms with Crippen molar-refractivity contribution in [1.82, 2.24) is 0 Å². The highest BCUT2D eigenvalue weighted by Crippen LogP contribution is 2.21. The highest BCUT2D eigenvalue weighted by Gasteiger charge is 2.44. The summed E-state index contributed by atoms with van der Waals surface area (Å²) in [7, 11) is -1.18. The molecule has 0 spiro atoms. The Bertz CT molecular complexity index is 642. The lowest BCUT2D eigenvalue weighted by Crippen LogP contribution is -2.57. The van der Waals surface area contributed by atoms with Gasteiger partial charge >= 0.3 is 11.9 Å². The summed E-state index contributed by atoms with van der Waals surface area (Å²) in [4.78, 5) is 24.5. The normalized spacial score (nSPS) is 11.8. The second-order valence-electron chi connectivity index (χ2n) is 8.42. The number of esters is 2. The van der Waals surface area contributed by atoms with Gasteiger partial charge in [0.1, 0.15) is 5.75 Å². The number of rotatable bonds is 14. The van der Waals surface area contributed by atoms with Crippen molar-refractivity contribution in [3.8, 4) is 5.75 Å². The lowest BCUT2D eigenvalue weighted by atomic mass is 9.92. The van der Waals surface area contributed by atoms with E-state index in [1.54, 1.807) is 13.8 Å². The molecule has 0 heterocycles. The first kappa shape index (κ1) is 26.2. The molecule has 1 aromatic carbocycles. The van der Waals surface area contributed by atoms with Crippen molar-refractivity contribution in [2.45, 2.75) is 77.2 Å². The van der Waals surface area contributed by atoms with Crippen molar-refractivity contribution in [1.29, 1.82) is 0 Å². The number of carbonyl (C=O) groups excluding carboxylic acids is 2. The lowest BCUT2D eigenvalue weighted by molar-refractivity contribution is -0.164. The van der Waals surface area contributed by atoms with Gasteiger partial charge in [-0.3, -0.25) is 0 Å². The van der Waals surface area contributed by atoms with Crippen LogP contribution >= 0.6 is 0 Å². The number of benzene rings is 1. The molecule has 0 aliphatic carbocycles. The third kappa shape index (κ3) is 8.48. The van der Waals surface area contributed by atoms with Crippen molar-refractivity contribution < 1.29 is 23.8 Å². The van der Waals surface area contributed by atoms with Crippen molar-refractivity contribution in [2.75, 3.05) is 19.8 Å². The Morgan fingerprint density at radius 3 is 2.03 bits per heavy atom. The van der Waals surface area contributed by atoms with Crippen LogP contribution in [0.4, 0.5) is 0 Å². The molecule has 0 radical (unpaired) electrons. The van der Waals surface area contributed by atoms with Crippen molar-refractivity contribution in [3.05, 3.63) is 29.8 Å². The topological polar surface area (TPSA) is 87.9 Å². The minimum Gasteiger partial charge on any atom is -0.494 e. The van der Waals surface area contributed by atoms with Gasteiger partial charge in [-0.25, -0.2) is 9.59 Å². The molecule has 7 heteroatoms. The first-order valence-corrected chi connectivity index (χ1v) is 14.4. The van der Waals surface area contributed by atoms with Crippen LogP contribution in [0.2, 0.25) is 25.2 Å². The van der Waals surface area contributed by atoms with Crippen LogP contribution in [0.1, 0.15) is 45.6 Å². The summed E-state index contributed by atoms with van der Waals surface area (Å²) in [5.41, 5.74) is 5.27. The van der Waals surface area contributed by atoms with Crippen LogP contribution in [0.5, 0.6) is 5.75 Å². The fourth-order valence-corrected chi connectivity index (χ4v) is 5.34. The summed E-state index contributed by atoms with van der Waals surface area (Å²) >= 11 is 0. The maximum atomic E-state index is 12.3. The van der Waals surface area contributed by atoms with Gasteiger partial charge in [0.05, 0.1) is 27.9 Å². The third-order valence-corrected chi connectivity index (χ3v) is 8.53. The Balaban J connectivity index is 2.63. The van der Waals surface area contributed by atoms with Crippen LogP contribution in [0, 0.1) is 0 Å². The number of hydrogen-bond acceptors (Lipinski definition) is 6. The molecule has 1 rings (SSSR count). The molecule has 0 fully saturated rings. The monoisotopic (exact) mass is 437 g/mol. The Morgan fingerprint density at radius 2 is 1.53 bits per heavy atom. The van der Waals surface area contributed by atoms with Gasteiger partial charge in [-0.05, 0) is 50.4 Å². The summed E-state index contributed by atoms with van der Waals surface area (Å²) in [6.07, 6.45) is 3.11. The maximum Gasteiger partial charge on any atom is 0.337 e. The molecule has 0 bridgehead atoms. The highest BCUT2D eigenvalue weighted by molar-refractivity contribution is 6.77. The summed E-state index contributed by atoms with van der Waals surface area (Å²) in [6.45, 7) is 11.5. The molecule has 0 aliphatic rings. The standard InChI is InChI=1S/C23H39NO5Si/c1-6-9-17-30(4,5)18-16-29-20-12-10-19(11-13-20)14-15-23(24,21(25)27-7-2)22(26)28-8-3/h10-13H,6-9,14-18,24H2,1-5H3. The predicted molar refractivity (Wildman–Crippen MR) is 122 cm³/mol. The molecule has 2 N–H and O–H groups in total. The Kier molecular flexibility index (Phi) is 11.1. The van der Waals surface area contributed by atoms with E-state index in [0.29, 0.717) is 6.42 Å². The highest BCUT2D eigenvalue weighted by atomic mass is 28.3. The number of ether oxygens (including phenoxy) is 3. The summed E-state index contributed by atoms with van der Waals surface area (Å²) in [6, 6.07) is 10.2. The molecule has 0 saturated heterocycles. The molecular weight excluding hydrogens is 398 g/mol. The van der Waals surface area contributed by atoms with Gasteiger partial charge in [0, 0.05) is 0 Å². The minimum absolute atomic E-state index is 0.113. The van der Waals surface area contributed by atoms with Gasteiger partial charge in [-0.2, -0.15) is 0 Å². The Labute approximate surface area is 182 Å². The SMILES string of the molecule is CCCC[Si](C)(C)CCOc1ccc(CCC(N)(C(=O)OCC)C(=O)OCC)cc1. The van der Waals surface area contributed by atoms with Gasteiger partial charge in [0.15, 0.2) is 0 Å². The van der Waals surface area contributed by atoms with Crippen LogP contribution in [0.15, 0.2) is 24.3 Å². The largest absolute Gasteiger partial charge is 0.494 e. The van der Waals surface area contributed by atoms with Crippen molar-refractivity contribution in [3.63, 3.8) is 0 Å². The zero-order valence-electron chi connectivity index (χ0n) is 19.3. The number of hydrogen-bond donors (Lipinski definition) is 1. The van der Waals surface area contributed by atoms with E-state index in [1.807, 2.05) is 24.3 Å². The van der Waals surface area contributed by atoms with Gasteiger partial charge in [0.2, 0.25) is 5.54 Å². The van der Waals surface area contributed by atoms with Crippen LogP contribution in [-0.4, -0.2) is 45.4 Å². The van der Waals surface area contributed by atoms with Gasteiger partial charge < -0.3 is 19.9 Å². The fraction of sp³-hybridized carbons (Fsp3) is 0.652. The molecule has 0 aromatic heterocycles. The van der Waals surface area contributed by atoms with E-state index in [0.717, 1.165) is 24.0 Å². The fourth-order valence-electron chi connectivity index (χ4n) is 3.13. The van der Waals surface area contributed by atoms with E-state index in [4.69, 9.17) is 19.9 Å². The molecule has 0 aliphatic heterocycles. The second kappa shape index (κ2) is 12.7. The smallest absolute Gasteiger partial charge is 0.337 e. The zero-order valence-corrected chi connectivity index (χ0v) is 20.3. The zero-order chi connectivity index (χ0) is 22.6. The molecule has 170 valence electrons. The molecule has 30 heavy (non-hydrogen) atoms. The number of carbonyl (C=O) groups is 2. The third-order valence-electron chi connectivity index (χ3n) is 5.27. The molecular formula is C23H39NO5Si. The van der Waals surface area contributed by atoms with E-state index < -0.39 is 25.6 Å². The average molecular weight is 438 g/mol. The van der Waals surface area contributed by atoms with E-state index in [-0.39, 0.29) is 19.6 Å². The Morgan fingerprint density at radius 1 is 0.967 bits per heavy atom. The first-order chi connectivity index (χ1) is 14.2. The van der Waals surface area contributed by atoms with E-state index in [9.17, 15) is 9.59 Å². The first-order valence-electron chi connectivity index (χ1n) is 11.0. The van der Waals surface area contributed by atoms with Crippen molar-refractivity contribution in [2.24, 2.45) is 5.73 Å². The summed E-state index contributed by atoms with van der Waals surface area (Å²) in [5.74, 6) is -0.676.